The van der Waals surface area contributed by atoms with Crippen molar-refractivity contribution in [3.05, 3.63) is 6.92 Å². The first-order chi connectivity index (χ1) is 10.4. The lowest BCUT2D eigenvalue weighted by molar-refractivity contribution is 0.282. The van der Waals surface area contributed by atoms with Crippen molar-refractivity contribution in [3.63, 3.8) is 0 Å². The first-order valence-corrected chi connectivity index (χ1v) is 9.82. The molecule has 1 nitrogen and oxygen atoms in total. The second-order valence-electron chi connectivity index (χ2n) is 6.59. The van der Waals surface area contributed by atoms with Crippen LogP contribution in [-0.2, 0) is 0 Å². The van der Waals surface area contributed by atoms with Gasteiger partial charge in [0.1, 0.15) is 0 Å². The highest BCUT2D eigenvalue weighted by Crippen LogP contribution is 2.14. The molecule has 0 saturated carbocycles. The molecule has 0 rings (SSSR count). The average Bonchev–Trinajstić information content (AvgIpc) is 2.50. The zero-order valence-corrected chi connectivity index (χ0v) is 14.6. The van der Waals surface area contributed by atoms with Gasteiger partial charge in [-0.2, -0.15) is 0 Å². The molecule has 0 bridgehead atoms. The fourth-order valence-electron chi connectivity index (χ4n) is 2.94. The summed E-state index contributed by atoms with van der Waals surface area (Å²) in [5, 5.41) is 8.69. The normalized spacial score (nSPS) is 11.1. The first-order valence-electron chi connectivity index (χ1n) is 9.82. The van der Waals surface area contributed by atoms with E-state index in [1.807, 2.05) is 0 Å². The molecule has 0 aliphatic carbocycles. The van der Waals surface area contributed by atoms with Crippen molar-refractivity contribution < 1.29 is 5.11 Å². The molecule has 0 spiro atoms. The summed E-state index contributed by atoms with van der Waals surface area (Å²) >= 11 is 0. The molecule has 0 aromatic rings. The fourth-order valence-corrected chi connectivity index (χ4v) is 2.94. The van der Waals surface area contributed by atoms with Gasteiger partial charge in [0.25, 0.3) is 0 Å². The molecule has 0 radical (unpaired) electrons. The zero-order valence-electron chi connectivity index (χ0n) is 14.6. The van der Waals surface area contributed by atoms with Gasteiger partial charge in [-0.3, -0.25) is 0 Å². The highest BCUT2D eigenvalue weighted by Gasteiger charge is 1.95. The van der Waals surface area contributed by atoms with Gasteiger partial charge >= 0.3 is 0 Å². The van der Waals surface area contributed by atoms with Gasteiger partial charge in [-0.05, 0) is 19.3 Å². The number of rotatable bonds is 18. The smallest absolute Gasteiger partial charge is 0.0850 e. The second-order valence-corrected chi connectivity index (χ2v) is 6.59. The zero-order chi connectivity index (χ0) is 15.4. The lowest BCUT2D eigenvalue weighted by atomic mass is 10.0. The summed E-state index contributed by atoms with van der Waals surface area (Å²) in [5.41, 5.74) is 0. The third-order valence-corrected chi connectivity index (χ3v) is 4.41. The summed E-state index contributed by atoms with van der Waals surface area (Å²) < 4.78 is 0. The number of aliphatic hydroxyl groups excluding tert-OH is 1. The molecule has 0 aromatic heterocycles. The van der Waals surface area contributed by atoms with E-state index in [0.29, 0.717) is 6.61 Å². The van der Waals surface area contributed by atoms with Crippen LogP contribution in [0.15, 0.2) is 0 Å². The van der Waals surface area contributed by atoms with Gasteiger partial charge in [0.2, 0.25) is 0 Å². The molecular formula is C20H41O+. The molecule has 1 N–H and O–H groups in total. The molecule has 126 valence electrons. The maximum absolute atomic E-state index is 8.69. The fraction of sp³-hybridized carbons (Fsp3) is 0.950. The van der Waals surface area contributed by atoms with Crippen molar-refractivity contribution in [2.75, 3.05) is 6.61 Å². The van der Waals surface area contributed by atoms with Crippen molar-refractivity contribution in [3.8, 4) is 0 Å². The van der Waals surface area contributed by atoms with Crippen LogP contribution in [-0.4, -0.2) is 11.7 Å². The predicted molar refractivity (Wildman–Crippen MR) is 95.5 cm³/mol. The van der Waals surface area contributed by atoms with Gasteiger partial charge in [0.15, 0.2) is 0 Å². The Morgan fingerprint density at radius 1 is 0.381 bits per heavy atom. The maximum atomic E-state index is 8.69. The van der Waals surface area contributed by atoms with Crippen molar-refractivity contribution >= 4 is 0 Å². The van der Waals surface area contributed by atoms with Crippen molar-refractivity contribution in [2.45, 2.75) is 116 Å². The number of hydrogen-bond donors (Lipinski definition) is 1. The van der Waals surface area contributed by atoms with Crippen molar-refractivity contribution in [1.82, 2.24) is 0 Å². The minimum atomic E-state index is 0.371. The van der Waals surface area contributed by atoms with E-state index in [0.717, 1.165) is 12.8 Å². The summed E-state index contributed by atoms with van der Waals surface area (Å²) in [7, 11) is 0. The van der Waals surface area contributed by atoms with E-state index in [2.05, 4.69) is 6.92 Å². The van der Waals surface area contributed by atoms with Crippen LogP contribution in [0.5, 0.6) is 0 Å². The lowest BCUT2D eigenvalue weighted by Crippen LogP contribution is -1.85. The molecule has 0 aliphatic rings. The Balaban J connectivity index is 2.90. The Morgan fingerprint density at radius 2 is 0.619 bits per heavy atom. The van der Waals surface area contributed by atoms with Crippen molar-refractivity contribution in [2.24, 2.45) is 0 Å². The Labute approximate surface area is 134 Å². The summed E-state index contributed by atoms with van der Waals surface area (Å²) in [6.45, 7) is 4.26. The predicted octanol–water partition coefficient (Wildman–Crippen LogP) is 6.83. The summed E-state index contributed by atoms with van der Waals surface area (Å²) in [5.74, 6) is 0. The van der Waals surface area contributed by atoms with E-state index >= 15 is 0 Å². The molecular weight excluding hydrogens is 256 g/mol. The van der Waals surface area contributed by atoms with Gasteiger partial charge in [-0.15, -0.1) is 0 Å². The monoisotopic (exact) mass is 297 g/mol. The molecule has 0 atom stereocenters. The SMILES string of the molecule is [CH2+]CCCCCCCCCCCCCCCCCCCO. The lowest BCUT2D eigenvalue weighted by Gasteiger charge is -2.03. The average molecular weight is 298 g/mol. The standard InChI is InChI=1S/C20H41O/c1-2-3-4-5-6-7-8-9-10-11-12-13-14-15-16-17-18-19-20-21/h21H,1-20H2/q+1. The minimum Gasteiger partial charge on any atom is -0.396 e. The van der Waals surface area contributed by atoms with Crippen LogP contribution in [0.2, 0.25) is 0 Å². The molecule has 1 heteroatoms. The molecule has 0 unspecified atom stereocenters. The van der Waals surface area contributed by atoms with Crippen LogP contribution >= 0.6 is 0 Å². The van der Waals surface area contributed by atoms with Gasteiger partial charge in [0, 0.05) is 6.61 Å². The largest absolute Gasteiger partial charge is 0.396 e. The van der Waals surface area contributed by atoms with Crippen LogP contribution in [0.4, 0.5) is 0 Å². The Morgan fingerprint density at radius 3 is 0.857 bits per heavy atom. The summed E-state index contributed by atoms with van der Waals surface area (Å²) in [4.78, 5) is 0. The van der Waals surface area contributed by atoms with E-state index in [4.69, 9.17) is 5.11 Å². The van der Waals surface area contributed by atoms with Crippen LogP contribution in [0, 0.1) is 6.92 Å². The molecule has 0 aliphatic heterocycles. The van der Waals surface area contributed by atoms with Crippen LogP contribution < -0.4 is 0 Å². The van der Waals surface area contributed by atoms with E-state index < -0.39 is 0 Å². The Kier molecular flexibility index (Phi) is 19.7. The van der Waals surface area contributed by atoms with Crippen LogP contribution in [0.25, 0.3) is 0 Å². The molecule has 0 fully saturated rings. The summed E-state index contributed by atoms with van der Waals surface area (Å²) in [6, 6.07) is 0. The highest BCUT2D eigenvalue weighted by atomic mass is 16.2. The maximum Gasteiger partial charge on any atom is 0.0850 e. The first kappa shape index (κ1) is 20.8. The van der Waals surface area contributed by atoms with E-state index in [1.54, 1.807) is 0 Å². The van der Waals surface area contributed by atoms with Crippen molar-refractivity contribution in [1.29, 1.82) is 0 Å². The van der Waals surface area contributed by atoms with E-state index in [1.165, 1.54) is 103 Å². The Bertz CT molecular complexity index is 149. The minimum absolute atomic E-state index is 0.371. The van der Waals surface area contributed by atoms with Gasteiger partial charge in [-0.25, -0.2) is 0 Å². The number of aliphatic hydroxyl groups is 1. The topological polar surface area (TPSA) is 20.2 Å². The third-order valence-electron chi connectivity index (χ3n) is 4.41. The van der Waals surface area contributed by atoms with Crippen LogP contribution in [0.1, 0.15) is 116 Å². The molecule has 0 heterocycles. The van der Waals surface area contributed by atoms with Gasteiger partial charge in [-0.1, -0.05) is 89.9 Å². The van der Waals surface area contributed by atoms with Crippen LogP contribution in [0.3, 0.4) is 0 Å². The van der Waals surface area contributed by atoms with E-state index in [9.17, 15) is 0 Å². The third kappa shape index (κ3) is 19.8. The van der Waals surface area contributed by atoms with Gasteiger partial charge in [0.05, 0.1) is 13.3 Å². The van der Waals surface area contributed by atoms with Gasteiger partial charge < -0.3 is 5.11 Å². The molecule has 0 aromatic carbocycles. The molecule has 0 amide bonds. The second kappa shape index (κ2) is 19.8. The molecule has 21 heavy (non-hydrogen) atoms. The molecule has 0 saturated heterocycles. The quantitative estimate of drug-likeness (QED) is 0.217. The summed E-state index contributed by atoms with van der Waals surface area (Å²) in [6.07, 6.45) is 24.6. The van der Waals surface area contributed by atoms with E-state index in [-0.39, 0.29) is 0 Å². The number of hydrogen-bond acceptors (Lipinski definition) is 1. The number of unbranched alkanes of at least 4 members (excludes halogenated alkanes) is 17. The highest BCUT2D eigenvalue weighted by molar-refractivity contribution is 4.50. The Hall–Kier alpha value is -0.170.